The minimum Gasteiger partial charge on any atom is -0.444 e. The Hall–Kier alpha value is -2.04. The zero-order valence-corrected chi connectivity index (χ0v) is 21.2. The van der Waals surface area contributed by atoms with Crippen molar-refractivity contribution >= 4 is 12.0 Å². The van der Waals surface area contributed by atoms with Crippen LogP contribution in [0.1, 0.15) is 92.2 Å². The fraction of sp³-hybridized carbons (Fsp3) is 0.692. The number of benzene rings is 1. The number of nitrogens with one attached hydrogen (secondary N) is 1. The first-order chi connectivity index (χ1) is 14.2. The minimum absolute atomic E-state index is 0.00423. The van der Waals surface area contributed by atoms with E-state index < -0.39 is 5.60 Å². The molecule has 1 aromatic rings. The first kappa shape index (κ1) is 27.0. The van der Waals surface area contributed by atoms with E-state index in [4.69, 9.17) is 4.74 Å². The molecule has 1 aliphatic rings. The zero-order chi connectivity index (χ0) is 23.8. The van der Waals surface area contributed by atoms with E-state index in [1.807, 2.05) is 20.8 Å². The molecule has 0 atom stereocenters. The molecular formula is C26H44N2O3. The van der Waals surface area contributed by atoms with Crippen molar-refractivity contribution in [3.8, 4) is 0 Å². The number of rotatable bonds is 3. The average Bonchev–Trinajstić information content (AvgIpc) is 2.65. The summed E-state index contributed by atoms with van der Waals surface area (Å²) >= 11 is 0. The standard InChI is InChI=1S/C13H24N2O3.C13H20/c1-10(16)14-9-11-5-7-15(8-6-11)12(17)18-13(2,3)4;1-10(2)11-7-6-8-12(9-11)13(3,4)5/h11H,5-9H2,1-4H3,(H,14,16);6-10H,1-5H3. The number of nitrogens with zero attached hydrogens (tertiary/aromatic N) is 1. The highest BCUT2D eigenvalue weighted by molar-refractivity contribution is 5.72. The SMILES string of the molecule is CC(=O)NCC1CCN(C(=O)OC(C)(C)C)CC1.CC(C)c1cccc(C(C)(C)C)c1. The molecule has 0 bridgehead atoms. The van der Waals surface area contributed by atoms with E-state index in [1.54, 1.807) is 4.90 Å². The first-order valence-corrected chi connectivity index (χ1v) is 11.5. The van der Waals surface area contributed by atoms with E-state index in [0.717, 1.165) is 12.8 Å². The zero-order valence-electron chi connectivity index (χ0n) is 21.2. The summed E-state index contributed by atoms with van der Waals surface area (Å²) in [5, 5.41) is 2.82. The highest BCUT2D eigenvalue weighted by Crippen LogP contribution is 2.25. The van der Waals surface area contributed by atoms with Gasteiger partial charge in [-0.05, 0) is 62.0 Å². The summed E-state index contributed by atoms with van der Waals surface area (Å²) < 4.78 is 5.33. The summed E-state index contributed by atoms with van der Waals surface area (Å²) in [6.45, 7) is 20.5. The van der Waals surface area contributed by atoms with Gasteiger partial charge in [0.2, 0.25) is 5.91 Å². The average molecular weight is 433 g/mol. The lowest BCUT2D eigenvalue weighted by atomic mass is 9.85. The molecule has 2 amide bonds. The van der Waals surface area contributed by atoms with Gasteiger partial charge >= 0.3 is 6.09 Å². The van der Waals surface area contributed by atoms with Crippen LogP contribution in [0.5, 0.6) is 0 Å². The largest absolute Gasteiger partial charge is 0.444 e. The van der Waals surface area contributed by atoms with Gasteiger partial charge in [-0.1, -0.05) is 58.9 Å². The van der Waals surface area contributed by atoms with Gasteiger partial charge in [0.15, 0.2) is 0 Å². The van der Waals surface area contributed by atoms with Crippen molar-refractivity contribution in [1.29, 1.82) is 0 Å². The predicted molar refractivity (Wildman–Crippen MR) is 128 cm³/mol. The molecule has 0 aromatic heterocycles. The molecular weight excluding hydrogens is 388 g/mol. The van der Waals surface area contributed by atoms with Gasteiger partial charge in [-0.25, -0.2) is 4.79 Å². The number of likely N-dealkylation sites (tertiary alicyclic amines) is 1. The molecule has 0 unspecified atom stereocenters. The van der Waals surface area contributed by atoms with Crippen LogP contribution in [-0.2, 0) is 14.9 Å². The fourth-order valence-corrected chi connectivity index (χ4v) is 3.30. The third-order valence-electron chi connectivity index (χ3n) is 5.33. The van der Waals surface area contributed by atoms with Crippen LogP contribution in [0.25, 0.3) is 0 Å². The Morgan fingerprint density at radius 1 is 1.10 bits per heavy atom. The van der Waals surface area contributed by atoms with Gasteiger partial charge in [0.05, 0.1) is 0 Å². The van der Waals surface area contributed by atoms with Gasteiger partial charge in [0, 0.05) is 26.6 Å². The summed E-state index contributed by atoms with van der Waals surface area (Å²) in [6.07, 6.45) is 1.60. The van der Waals surface area contributed by atoms with Crippen molar-refractivity contribution in [3.05, 3.63) is 35.4 Å². The van der Waals surface area contributed by atoms with Crippen LogP contribution in [0.2, 0.25) is 0 Å². The number of carbonyl (C=O) groups is 2. The van der Waals surface area contributed by atoms with Crippen molar-refractivity contribution in [1.82, 2.24) is 10.2 Å². The molecule has 1 saturated heterocycles. The third-order valence-corrected chi connectivity index (χ3v) is 5.33. The van der Waals surface area contributed by atoms with Crippen LogP contribution in [0.15, 0.2) is 24.3 Å². The summed E-state index contributed by atoms with van der Waals surface area (Å²) in [5.74, 6) is 1.10. The van der Waals surface area contributed by atoms with Crippen molar-refractivity contribution in [2.24, 2.45) is 5.92 Å². The summed E-state index contributed by atoms with van der Waals surface area (Å²) in [5.41, 5.74) is 2.70. The second kappa shape index (κ2) is 11.5. The quantitative estimate of drug-likeness (QED) is 0.649. The smallest absolute Gasteiger partial charge is 0.410 e. The van der Waals surface area contributed by atoms with Crippen molar-refractivity contribution in [2.75, 3.05) is 19.6 Å². The van der Waals surface area contributed by atoms with Crippen molar-refractivity contribution < 1.29 is 14.3 Å². The Bertz CT molecular complexity index is 706. The third kappa shape index (κ3) is 10.7. The fourth-order valence-electron chi connectivity index (χ4n) is 3.30. The minimum atomic E-state index is -0.440. The van der Waals surface area contributed by atoms with Crippen LogP contribution < -0.4 is 5.32 Å². The van der Waals surface area contributed by atoms with Gasteiger partial charge < -0.3 is 15.0 Å². The molecule has 1 aliphatic heterocycles. The monoisotopic (exact) mass is 432 g/mol. The highest BCUT2D eigenvalue weighted by atomic mass is 16.6. The normalized spacial score (nSPS) is 15.2. The maximum atomic E-state index is 11.8. The molecule has 176 valence electrons. The van der Waals surface area contributed by atoms with E-state index >= 15 is 0 Å². The van der Waals surface area contributed by atoms with E-state index in [1.165, 1.54) is 18.1 Å². The van der Waals surface area contributed by atoms with E-state index in [2.05, 4.69) is 64.2 Å². The number of amides is 2. The van der Waals surface area contributed by atoms with Crippen molar-refractivity contribution in [3.63, 3.8) is 0 Å². The molecule has 2 rings (SSSR count). The number of hydrogen-bond acceptors (Lipinski definition) is 3. The molecule has 0 spiro atoms. The Morgan fingerprint density at radius 2 is 1.68 bits per heavy atom. The van der Waals surface area contributed by atoms with Crippen LogP contribution in [0.3, 0.4) is 0 Å². The Balaban J connectivity index is 0.000000327. The summed E-state index contributed by atoms with van der Waals surface area (Å²) in [7, 11) is 0. The van der Waals surface area contributed by atoms with Gasteiger partial charge in [-0.15, -0.1) is 0 Å². The molecule has 5 heteroatoms. The lowest BCUT2D eigenvalue weighted by Gasteiger charge is -2.33. The molecule has 0 saturated carbocycles. The second-order valence-electron chi connectivity index (χ2n) is 10.9. The Kier molecular flexibility index (Phi) is 10.1. The van der Waals surface area contributed by atoms with E-state index in [0.29, 0.717) is 31.5 Å². The van der Waals surface area contributed by atoms with E-state index in [-0.39, 0.29) is 17.4 Å². The summed E-state index contributed by atoms with van der Waals surface area (Å²) in [6, 6.07) is 8.91. The molecule has 31 heavy (non-hydrogen) atoms. The van der Waals surface area contributed by atoms with Gasteiger partial charge in [0.25, 0.3) is 0 Å². The number of ether oxygens (including phenoxy) is 1. The Labute approximate surface area is 189 Å². The van der Waals surface area contributed by atoms with Gasteiger partial charge in [-0.2, -0.15) is 0 Å². The molecule has 1 N–H and O–H groups in total. The summed E-state index contributed by atoms with van der Waals surface area (Å²) in [4.78, 5) is 24.4. The molecule has 1 aromatic carbocycles. The van der Waals surface area contributed by atoms with Gasteiger partial charge in [0.1, 0.15) is 5.60 Å². The highest BCUT2D eigenvalue weighted by Gasteiger charge is 2.26. The van der Waals surface area contributed by atoms with Crippen LogP contribution in [-0.4, -0.2) is 42.1 Å². The van der Waals surface area contributed by atoms with Gasteiger partial charge in [-0.3, -0.25) is 4.79 Å². The second-order valence-corrected chi connectivity index (χ2v) is 10.9. The van der Waals surface area contributed by atoms with Crippen molar-refractivity contribution in [2.45, 2.75) is 92.1 Å². The molecule has 1 fully saturated rings. The topological polar surface area (TPSA) is 58.6 Å². The number of carbonyl (C=O) groups excluding carboxylic acids is 2. The molecule has 1 heterocycles. The maximum absolute atomic E-state index is 11.8. The lowest BCUT2D eigenvalue weighted by Crippen LogP contribution is -2.43. The van der Waals surface area contributed by atoms with Crippen LogP contribution in [0, 0.1) is 5.92 Å². The molecule has 0 aliphatic carbocycles. The Morgan fingerprint density at radius 3 is 2.13 bits per heavy atom. The molecule has 5 nitrogen and oxygen atoms in total. The van der Waals surface area contributed by atoms with Crippen LogP contribution >= 0.6 is 0 Å². The van der Waals surface area contributed by atoms with Crippen LogP contribution in [0.4, 0.5) is 4.79 Å². The first-order valence-electron chi connectivity index (χ1n) is 11.5. The maximum Gasteiger partial charge on any atom is 0.410 e. The number of piperidine rings is 1. The molecule has 0 radical (unpaired) electrons. The van der Waals surface area contributed by atoms with E-state index in [9.17, 15) is 9.59 Å². The predicted octanol–water partition coefficient (Wildman–Crippen LogP) is 5.88. The number of hydrogen-bond donors (Lipinski definition) is 1. The lowest BCUT2D eigenvalue weighted by molar-refractivity contribution is -0.119.